The molecule has 0 aliphatic carbocycles. The lowest BCUT2D eigenvalue weighted by atomic mass is 9.99. The van der Waals surface area contributed by atoms with E-state index in [2.05, 4.69) is 52.0 Å². The van der Waals surface area contributed by atoms with E-state index in [0.29, 0.717) is 37.2 Å². The first-order chi connectivity index (χ1) is 26.4. The minimum Gasteiger partial charge on any atom is -0.397 e. The minimum absolute atomic E-state index is 0.00295. The summed E-state index contributed by atoms with van der Waals surface area (Å²) in [6, 6.07) is 37.5. The second kappa shape index (κ2) is 19.9. The number of amides is 2. The number of nitrogens with two attached hydrogens (primary N) is 1. The molecule has 1 saturated heterocycles. The molecule has 0 spiro atoms. The first-order valence-electron chi connectivity index (χ1n) is 18.6. The van der Waals surface area contributed by atoms with Crippen molar-refractivity contribution in [2.24, 2.45) is 0 Å². The van der Waals surface area contributed by atoms with Gasteiger partial charge in [-0.2, -0.15) is 0 Å². The molecule has 4 aromatic carbocycles. The number of hydrogen-bond donors (Lipinski definition) is 4. The van der Waals surface area contributed by atoms with Crippen LogP contribution >= 0.6 is 11.8 Å². The van der Waals surface area contributed by atoms with Crippen molar-refractivity contribution in [3.63, 3.8) is 0 Å². The number of nitrogens with zero attached hydrogens (tertiary/aromatic N) is 1. The second-order valence-electron chi connectivity index (χ2n) is 13.5. The van der Waals surface area contributed by atoms with Gasteiger partial charge in [0.15, 0.2) is 6.29 Å². The fourth-order valence-corrected chi connectivity index (χ4v) is 7.25. The number of ether oxygens (including phenoxy) is 2. The number of carbonyl (C=O) groups is 2. The van der Waals surface area contributed by atoms with E-state index in [1.807, 2.05) is 66.7 Å². The van der Waals surface area contributed by atoms with E-state index in [1.54, 1.807) is 30.1 Å². The molecule has 2 heterocycles. The molecule has 5 aromatic rings. The van der Waals surface area contributed by atoms with Crippen LogP contribution in [-0.2, 0) is 32.2 Å². The third-order valence-electron chi connectivity index (χ3n) is 9.40. The van der Waals surface area contributed by atoms with Gasteiger partial charge in [-0.25, -0.2) is 4.98 Å². The molecule has 0 unspecified atom stereocenters. The molecule has 1 aliphatic rings. The van der Waals surface area contributed by atoms with Crippen molar-refractivity contribution in [1.29, 1.82) is 0 Å². The van der Waals surface area contributed by atoms with Gasteiger partial charge in [0.05, 0.1) is 35.2 Å². The molecule has 0 saturated carbocycles. The lowest BCUT2D eigenvalue weighted by Crippen LogP contribution is -2.31. The zero-order valence-electron chi connectivity index (χ0n) is 30.4. The molecular weight excluding hydrogens is 697 g/mol. The van der Waals surface area contributed by atoms with E-state index in [-0.39, 0.29) is 30.6 Å². The van der Waals surface area contributed by atoms with Gasteiger partial charge in [-0.3, -0.25) is 9.59 Å². The maximum absolute atomic E-state index is 12.6. The number of nitrogens with one attached hydrogen (secondary N) is 2. The van der Waals surface area contributed by atoms with Crippen LogP contribution in [0.3, 0.4) is 0 Å². The Kier molecular flexibility index (Phi) is 14.3. The maximum atomic E-state index is 12.6. The van der Waals surface area contributed by atoms with Gasteiger partial charge < -0.3 is 30.9 Å². The van der Waals surface area contributed by atoms with Gasteiger partial charge in [-0.1, -0.05) is 97.8 Å². The van der Waals surface area contributed by atoms with Crippen molar-refractivity contribution in [2.45, 2.75) is 81.6 Å². The van der Waals surface area contributed by atoms with Crippen molar-refractivity contribution in [1.82, 2.24) is 10.3 Å². The topological polar surface area (TPSA) is 136 Å². The minimum atomic E-state index is -0.537. The van der Waals surface area contributed by atoms with Gasteiger partial charge in [0.1, 0.15) is 0 Å². The molecule has 0 bridgehead atoms. The van der Waals surface area contributed by atoms with Crippen molar-refractivity contribution >= 4 is 35.0 Å². The number of pyridine rings is 1. The summed E-state index contributed by atoms with van der Waals surface area (Å²) < 4.78 is 13.1. The van der Waals surface area contributed by atoms with Crippen LogP contribution in [-0.4, -0.2) is 33.8 Å². The van der Waals surface area contributed by atoms with Crippen molar-refractivity contribution in [3.8, 4) is 11.1 Å². The van der Waals surface area contributed by atoms with Gasteiger partial charge in [0.2, 0.25) is 11.8 Å². The third kappa shape index (κ3) is 11.5. The summed E-state index contributed by atoms with van der Waals surface area (Å²) in [7, 11) is 0. The predicted molar refractivity (Wildman–Crippen MR) is 214 cm³/mol. The number of anilines is 2. The van der Waals surface area contributed by atoms with Crippen LogP contribution in [0.5, 0.6) is 0 Å². The van der Waals surface area contributed by atoms with Crippen LogP contribution < -0.4 is 16.4 Å². The third-order valence-corrected chi connectivity index (χ3v) is 10.5. The van der Waals surface area contributed by atoms with Crippen LogP contribution in [0, 0.1) is 0 Å². The molecular formula is C44H48N4O5S. The molecule has 2 amide bonds. The number of aliphatic hydroxyl groups excluding tert-OH is 1. The van der Waals surface area contributed by atoms with E-state index in [1.165, 1.54) is 0 Å². The number of aromatic nitrogens is 1. The number of rotatable bonds is 17. The van der Waals surface area contributed by atoms with Gasteiger partial charge >= 0.3 is 0 Å². The van der Waals surface area contributed by atoms with E-state index < -0.39 is 6.29 Å². The van der Waals surface area contributed by atoms with Gasteiger partial charge in [0.25, 0.3) is 0 Å². The van der Waals surface area contributed by atoms with Gasteiger partial charge in [-0.05, 0) is 71.0 Å². The Bertz CT molecular complexity index is 1940. The van der Waals surface area contributed by atoms with Crippen molar-refractivity contribution < 1.29 is 24.2 Å². The van der Waals surface area contributed by atoms with Crippen LogP contribution in [0.25, 0.3) is 11.1 Å². The van der Waals surface area contributed by atoms with E-state index in [9.17, 15) is 14.7 Å². The van der Waals surface area contributed by atoms with Crippen molar-refractivity contribution in [3.05, 3.63) is 144 Å². The highest BCUT2D eigenvalue weighted by Crippen LogP contribution is 2.39. The standard InChI is InChI=1S/C44H48N4O5S/c45-38-12-5-6-13-39(38)48-42(51)15-4-2-1-3-14-41(50)47-28-32-10-9-11-36(26-32)33-21-23-35(24-22-33)44-52-37(30-54-43-16-7-8-25-46-43)27-40(53-44)34-19-17-31(29-49)18-20-34/h5-13,16-26,37,40,44,49H,1-4,14-15,27-30,45H2,(H,47,50)(H,48,51)/t37-,40+,44+/m0/s1. The Balaban J connectivity index is 0.975. The fourth-order valence-electron chi connectivity index (χ4n) is 6.36. The normalized spacial score (nSPS) is 16.8. The Morgan fingerprint density at radius 1 is 0.759 bits per heavy atom. The molecule has 0 radical (unpaired) electrons. The average Bonchev–Trinajstić information content (AvgIpc) is 3.22. The highest BCUT2D eigenvalue weighted by Gasteiger charge is 2.32. The number of hydrogen-bond acceptors (Lipinski definition) is 8. The lowest BCUT2D eigenvalue weighted by molar-refractivity contribution is -0.245. The highest BCUT2D eigenvalue weighted by molar-refractivity contribution is 7.99. The molecule has 6 rings (SSSR count). The van der Waals surface area contributed by atoms with E-state index in [4.69, 9.17) is 15.2 Å². The quantitative estimate of drug-likeness (QED) is 0.0422. The number of carbonyl (C=O) groups excluding carboxylic acids is 2. The highest BCUT2D eigenvalue weighted by atomic mass is 32.2. The molecule has 3 atom stereocenters. The van der Waals surface area contributed by atoms with Gasteiger partial charge in [0, 0.05) is 43.3 Å². The molecule has 1 aromatic heterocycles. The SMILES string of the molecule is Nc1ccccc1NC(=O)CCCCCCC(=O)NCc1cccc(-c2ccc([C@@H]3O[C@H](CSc4ccccn4)C[C@H](c4ccc(CO)cc4)O3)cc2)c1. The number of nitrogen functional groups attached to an aromatic ring is 1. The summed E-state index contributed by atoms with van der Waals surface area (Å²) in [5, 5.41) is 16.4. The number of benzene rings is 4. The summed E-state index contributed by atoms with van der Waals surface area (Å²) in [5.41, 5.74) is 13.1. The largest absolute Gasteiger partial charge is 0.397 e. The maximum Gasteiger partial charge on any atom is 0.224 e. The molecule has 54 heavy (non-hydrogen) atoms. The number of unbranched alkanes of at least 4 members (excludes halogenated alkanes) is 3. The second-order valence-corrected chi connectivity index (χ2v) is 14.5. The summed E-state index contributed by atoms with van der Waals surface area (Å²) in [4.78, 5) is 29.3. The first-order valence-corrected chi connectivity index (χ1v) is 19.6. The van der Waals surface area contributed by atoms with E-state index >= 15 is 0 Å². The monoisotopic (exact) mass is 744 g/mol. The summed E-state index contributed by atoms with van der Waals surface area (Å²) in [6.45, 7) is 0.457. The Morgan fingerprint density at radius 3 is 2.24 bits per heavy atom. The lowest BCUT2D eigenvalue weighted by Gasteiger charge is -2.36. The molecule has 1 aliphatic heterocycles. The molecule has 10 heteroatoms. The summed E-state index contributed by atoms with van der Waals surface area (Å²) >= 11 is 1.68. The predicted octanol–water partition coefficient (Wildman–Crippen LogP) is 8.76. The zero-order chi connectivity index (χ0) is 37.5. The Hall–Kier alpha value is -5.00. The van der Waals surface area contributed by atoms with Crippen LogP contribution in [0.1, 0.15) is 79.6 Å². The molecule has 1 fully saturated rings. The van der Waals surface area contributed by atoms with Crippen LogP contribution in [0.15, 0.2) is 126 Å². The summed E-state index contributed by atoms with van der Waals surface area (Å²) in [5.74, 6) is 0.719. The van der Waals surface area contributed by atoms with Crippen molar-refractivity contribution in [2.75, 3.05) is 16.8 Å². The number of aliphatic hydroxyl groups is 1. The number of thioether (sulfide) groups is 1. The Labute approximate surface area is 321 Å². The van der Waals surface area contributed by atoms with Gasteiger partial charge in [-0.15, -0.1) is 11.8 Å². The first kappa shape index (κ1) is 38.7. The molecule has 5 N–H and O–H groups in total. The fraction of sp³-hybridized carbons (Fsp3) is 0.295. The molecule has 9 nitrogen and oxygen atoms in total. The molecule has 280 valence electrons. The summed E-state index contributed by atoms with van der Waals surface area (Å²) in [6.07, 6.45) is 5.97. The Morgan fingerprint density at radius 2 is 1.50 bits per heavy atom. The van der Waals surface area contributed by atoms with E-state index in [0.717, 1.165) is 69.8 Å². The van der Waals surface area contributed by atoms with Crippen LogP contribution in [0.2, 0.25) is 0 Å². The number of para-hydroxylation sites is 2. The smallest absolute Gasteiger partial charge is 0.224 e. The van der Waals surface area contributed by atoms with Crippen LogP contribution in [0.4, 0.5) is 11.4 Å². The average molecular weight is 745 g/mol. The zero-order valence-corrected chi connectivity index (χ0v) is 31.2.